The fraction of sp³-hybridized carbons (Fsp3) is 0.667. The highest BCUT2D eigenvalue weighted by Crippen LogP contribution is 2.27. The summed E-state index contributed by atoms with van der Waals surface area (Å²) in [5.41, 5.74) is 3.91. The van der Waals surface area contributed by atoms with Crippen molar-refractivity contribution in [2.24, 2.45) is 11.8 Å². The maximum atomic E-state index is 12.8. The van der Waals surface area contributed by atoms with Crippen molar-refractivity contribution in [1.29, 1.82) is 0 Å². The molecule has 0 bridgehead atoms. The Balaban J connectivity index is 2.41. The summed E-state index contributed by atoms with van der Waals surface area (Å²) in [5, 5.41) is 0. The molecule has 4 N–H and O–H groups in total. The molecule has 1 aliphatic heterocycles. The van der Waals surface area contributed by atoms with Crippen molar-refractivity contribution in [3.05, 3.63) is 26.5 Å². The number of nitrogens with one attached hydrogen (secondary N) is 2. The molecule has 1 saturated heterocycles. The molecule has 22 heavy (non-hydrogen) atoms. The predicted molar refractivity (Wildman–Crippen MR) is 84.8 cm³/mol. The molecule has 1 aromatic rings. The van der Waals surface area contributed by atoms with Crippen LogP contribution in [0.2, 0.25) is 0 Å². The Bertz CT molecular complexity index is 661. The normalized spacial score (nSPS) is 22.6. The predicted octanol–water partition coefficient (Wildman–Crippen LogP) is 0.932. The average molecular weight is 308 g/mol. The van der Waals surface area contributed by atoms with Crippen molar-refractivity contribution < 1.29 is 4.79 Å². The third-order valence-corrected chi connectivity index (χ3v) is 4.44. The number of H-pyrrole nitrogens is 2. The largest absolute Gasteiger partial charge is 0.392 e. The second kappa shape index (κ2) is 6.37. The molecule has 2 atom stereocenters. The molecule has 2 rings (SSSR count). The SMILES string of the molecule is CC(C)[C@H]1CC[C@@H](C)CCN1C(=O)c1[nH]c(=O)[nH]c(=O)c1N. The zero-order valence-electron chi connectivity index (χ0n) is 13.3. The van der Waals surface area contributed by atoms with E-state index in [2.05, 4.69) is 25.8 Å². The van der Waals surface area contributed by atoms with Crippen LogP contribution in [0.4, 0.5) is 5.69 Å². The number of anilines is 1. The number of likely N-dealkylation sites (tertiary alicyclic amines) is 1. The van der Waals surface area contributed by atoms with Crippen molar-refractivity contribution in [2.75, 3.05) is 12.3 Å². The van der Waals surface area contributed by atoms with E-state index < -0.39 is 11.2 Å². The molecular formula is C15H24N4O3. The molecule has 1 aliphatic rings. The minimum absolute atomic E-state index is 0.0830. The van der Waals surface area contributed by atoms with E-state index in [1.807, 2.05) is 4.98 Å². The van der Waals surface area contributed by atoms with Crippen LogP contribution in [0.25, 0.3) is 0 Å². The molecule has 0 aliphatic carbocycles. The number of carbonyl (C=O) groups is 1. The van der Waals surface area contributed by atoms with Crippen LogP contribution in [0.3, 0.4) is 0 Å². The van der Waals surface area contributed by atoms with Gasteiger partial charge in [0.15, 0.2) is 0 Å². The first-order valence-corrected chi connectivity index (χ1v) is 7.74. The summed E-state index contributed by atoms with van der Waals surface area (Å²) in [6.45, 7) is 6.93. The lowest BCUT2D eigenvalue weighted by Crippen LogP contribution is -2.44. The number of aromatic nitrogens is 2. The van der Waals surface area contributed by atoms with E-state index in [0.717, 1.165) is 19.3 Å². The lowest BCUT2D eigenvalue weighted by Gasteiger charge is -2.33. The van der Waals surface area contributed by atoms with Gasteiger partial charge in [0.2, 0.25) is 0 Å². The second-order valence-electron chi connectivity index (χ2n) is 6.48. The Morgan fingerprint density at radius 1 is 1.23 bits per heavy atom. The van der Waals surface area contributed by atoms with Gasteiger partial charge in [-0.25, -0.2) is 4.79 Å². The van der Waals surface area contributed by atoms with Crippen molar-refractivity contribution in [2.45, 2.75) is 46.1 Å². The maximum absolute atomic E-state index is 12.8. The van der Waals surface area contributed by atoms with Gasteiger partial charge in [0.05, 0.1) is 0 Å². The van der Waals surface area contributed by atoms with E-state index >= 15 is 0 Å². The number of nitrogens with zero attached hydrogens (tertiary/aromatic N) is 1. The van der Waals surface area contributed by atoms with Crippen LogP contribution in [-0.2, 0) is 0 Å². The van der Waals surface area contributed by atoms with E-state index in [4.69, 9.17) is 5.73 Å². The van der Waals surface area contributed by atoms with Gasteiger partial charge >= 0.3 is 5.69 Å². The third-order valence-electron chi connectivity index (χ3n) is 4.44. The van der Waals surface area contributed by atoms with Crippen LogP contribution in [0.5, 0.6) is 0 Å². The molecule has 2 heterocycles. The molecular weight excluding hydrogens is 284 g/mol. The highest BCUT2D eigenvalue weighted by atomic mass is 16.2. The van der Waals surface area contributed by atoms with Gasteiger partial charge in [0, 0.05) is 12.6 Å². The molecule has 0 aromatic carbocycles. The number of hydrogen-bond donors (Lipinski definition) is 3. The standard InChI is InChI=1S/C15H24N4O3/c1-8(2)10-5-4-9(3)6-7-19(10)14(21)12-11(16)13(20)18-15(22)17-12/h8-10H,4-7,16H2,1-3H3,(H2,17,18,20,22)/t9-,10-/m1/s1. The molecule has 1 aromatic heterocycles. The fourth-order valence-corrected chi connectivity index (χ4v) is 3.03. The van der Waals surface area contributed by atoms with Crippen molar-refractivity contribution >= 4 is 11.6 Å². The van der Waals surface area contributed by atoms with Crippen molar-refractivity contribution in [3.8, 4) is 0 Å². The number of nitrogen functional groups attached to an aromatic ring is 1. The molecule has 0 unspecified atom stereocenters. The number of amides is 1. The van der Waals surface area contributed by atoms with Gasteiger partial charge in [0.25, 0.3) is 11.5 Å². The summed E-state index contributed by atoms with van der Waals surface area (Å²) in [7, 11) is 0. The smallest absolute Gasteiger partial charge is 0.326 e. The molecule has 7 nitrogen and oxygen atoms in total. The second-order valence-corrected chi connectivity index (χ2v) is 6.48. The van der Waals surface area contributed by atoms with Crippen LogP contribution >= 0.6 is 0 Å². The Hall–Kier alpha value is -2.05. The lowest BCUT2D eigenvalue weighted by atomic mass is 9.95. The highest BCUT2D eigenvalue weighted by Gasteiger charge is 2.31. The molecule has 0 radical (unpaired) electrons. The molecule has 1 amide bonds. The van der Waals surface area contributed by atoms with Gasteiger partial charge in [-0.3, -0.25) is 14.6 Å². The topological polar surface area (TPSA) is 112 Å². The molecule has 1 fully saturated rings. The summed E-state index contributed by atoms with van der Waals surface area (Å²) in [4.78, 5) is 42.0. The van der Waals surface area contributed by atoms with Crippen molar-refractivity contribution in [3.63, 3.8) is 0 Å². The quantitative estimate of drug-likeness (QED) is 0.754. The maximum Gasteiger partial charge on any atom is 0.326 e. The van der Waals surface area contributed by atoms with Crippen LogP contribution in [0.15, 0.2) is 9.59 Å². The minimum Gasteiger partial charge on any atom is -0.392 e. The molecule has 0 spiro atoms. The first-order valence-electron chi connectivity index (χ1n) is 7.74. The Labute approximate surface area is 128 Å². The molecule has 122 valence electrons. The summed E-state index contributed by atoms with van der Waals surface area (Å²) in [6, 6.07) is 0.0830. The van der Waals surface area contributed by atoms with Crippen LogP contribution in [-0.4, -0.2) is 33.4 Å². The van der Waals surface area contributed by atoms with Gasteiger partial charge in [-0.05, 0) is 31.1 Å². The van der Waals surface area contributed by atoms with Crippen LogP contribution in [0.1, 0.15) is 50.5 Å². The van der Waals surface area contributed by atoms with Gasteiger partial charge in [-0.15, -0.1) is 0 Å². The van der Waals surface area contributed by atoms with E-state index in [1.54, 1.807) is 4.90 Å². The first-order chi connectivity index (χ1) is 10.3. The van der Waals surface area contributed by atoms with Crippen molar-refractivity contribution in [1.82, 2.24) is 14.9 Å². The lowest BCUT2D eigenvalue weighted by molar-refractivity contribution is 0.0625. The first kappa shape index (κ1) is 16.3. The number of hydrogen-bond acceptors (Lipinski definition) is 4. The Kier molecular flexibility index (Phi) is 4.73. The third kappa shape index (κ3) is 3.23. The van der Waals surface area contributed by atoms with Crippen LogP contribution in [0, 0.1) is 11.8 Å². The summed E-state index contributed by atoms with van der Waals surface area (Å²) in [5.74, 6) is 0.479. The summed E-state index contributed by atoms with van der Waals surface area (Å²) >= 11 is 0. The number of aromatic amines is 2. The highest BCUT2D eigenvalue weighted by molar-refractivity contribution is 5.97. The monoisotopic (exact) mass is 308 g/mol. The molecule has 7 heteroatoms. The van der Waals surface area contributed by atoms with E-state index in [1.165, 1.54) is 0 Å². The zero-order chi connectivity index (χ0) is 16.4. The van der Waals surface area contributed by atoms with Gasteiger partial charge in [-0.2, -0.15) is 0 Å². The van der Waals surface area contributed by atoms with Gasteiger partial charge in [0.1, 0.15) is 11.4 Å². The Morgan fingerprint density at radius 3 is 2.55 bits per heavy atom. The minimum atomic E-state index is -0.726. The average Bonchev–Trinajstić information content (AvgIpc) is 2.64. The van der Waals surface area contributed by atoms with Gasteiger partial charge in [-0.1, -0.05) is 20.8 Å². The van der Waals surface area contributed by atoms with Crippen LogP contribution < -0.4 is 17.0 Å². The number of carbonyl (C=O) groups excluding carboxylic acids is 1. The van der Waals surface area contributed by atoms with E-state index in [9.17, 15) is 14.4 Å². The zero-order valence-corrected chi connectivity index (χ0v) is 13.3. The molecule has 0 saturated carbocycles. The van der Waals surface area contributed by atoms with E-state index in [-0.39, 0.29) is 23.3 Å². The fourth-order valence-electron chi connectivity index (χ4n) is 3.03. The summed E-state index contributed by atoms with van der Waals surface area (Å²) in [6.07, 6.45) is 2.88. The van der Waals surface area contributed by atoms with E-state index in [0.29, 0.717) is 18.4 Å². The number of nitrogens with two attached hydrogens (primary N) is 1. The summed E-state index contributed by atoms with van der Waals surface area (Å²) < 4.78 is 0. The number of rotatable bonds is 2. The van der Waals surface area contributed by atoms with Gasteiger partial charge < -0.3 is 15.6 Å². The Morgan fingerprint density at radius 2 is 1.91 bits per heavy atom.